The highest BCUT2D eigenvalue weighted by atomic mass is 31.1. The summed E-state index contributed by atoms with van der Waals surface area (Å²) < 4.78 is 21.1. The summed E-state index contributed by atoms with van der Waals surface area (Å²) in [6.45, 7) is 0. The van der Waals surface area contributed by atoms with Crippen LogP contribution in [0.3, 0.4) is 0 Å². The maximum atomic E-state index is 12.4. The normalized spacial score (nSPS) is 9.21. The lowest BCUT2D eigenvalue weighted by molar-refractivity contribution is 0.405. The Labute approximate surface area is 81.3 Å². The molecule has 14 heavy (non-hydrogen) atoms. The molecule has 0 saturated heterocycles. The van der Waals surface area contributed by atoms with Crippen LogP contribution in [0.25, 0.3) is 0 Å². The van der Waals surface area contributed by atoms with E-state index in [0.29, 0.717) is 5.69 Å². The summed E-state index contributed by atoms with van der Waals surface area (Å²) in [5, 5.41) is 2.83. The molecule has 0 aliphatic heterocycles. The van der Waals surface area contributed by atoms with Gasteiger partial charge in [0.2, 0.25) is 0 Å². The van der Waals surface area contributed by atoms with Gasteiger partial charge in [-0.3, -0.25) is 4.57 Å². The van der Waals surface area contributed by atoms with Gasteiger partial charge in [0.15, 0.2) is 0 Å². The van der Waals surface area contributed by atoms with Gasteiger partial charge < -0.3 is 20.8 Å². The number of rotatable bonds is 1. The molecule has 0 radical (unpaired) electrons. The van der Waals surface area contributed by atoms with E-state index < -0.39 is 8.25 Å². The van der Waals surface area contributed by atoms with E-state index in [1.807, 2.05) is 0 Å². The number of nitrogen functional groups attached to an aromatic ring is 1. The predicted molar refractivity (Wildman–Crippen MR) is 53.8 cm³/mol. The van der Waals surface area contributed by atoms with E-state index in [9.17, 15) is 4.39 Å². The van der Waals surface area contributed by atoms with Gasteiger partial charge in [0.25, 0.3) is 0 Å². The first-order valence-corrected chi connectivity index (χ1v) is 4.92. The molecule has 0 amide bonds. The lowest BCUT2D eigenvalue weighted by atomic mass is 10.2. The molecule has 7 heteroatoms. The summed E-state index contributed by atoms with van der Waals surface area (Å²) in [6.07, 6.45) is 0. The largest absolute Gasteiger partial charge is 0.397 e. The summed E-state index contributed by atoms with van der Waals surface area (Å²) in [5.41, 5.74) is 6.61. The van der Waals surface area contributed by atoms with Gasteiger partial charge >= 0.3 is 8.25 Å². The van der Waals surface area contributed by atoms with E-state index in [2.05, 4.69) is 5.32 Å². The molecule has 0 heterocycles. The summed E-state index contributed by atoms with van der Waals surface area (Å²) in [6, 6.07) is 4.25. The molecule has 0 spiro atoms. The second-order valence-corrected chi connectivity index (χ2v) is 2.83. The Morgan fingerprint density at radius 2 is 2.00 bits per heavy atom. The van der Waals surface area contributed by atoms with Crippen molar-refractivity contribution in [2.24, 2.45) is 0 Å². The molecule has 0 aliphatic rings. The fourth-order valence-corrected chi connectivity index (χ4v) is 0.761. The Hall–Kier alpha value is -1.10. The maximum Gasteiger partial charge on any atom is 0.314 e. The molecule has 0 aliphatic carbocycles. The third-order valence-corrected chi connectivity index (χ3v) is 1.28. The van der Waals surface area contributed by atoms with Crippen molar-refractivity contribution in [3.05, 3.63) is 24.0 Å². The summed E-state index contributed by atoms with van der Waals surface area (Å²) >= 11 is 0. The number of hydrogen-bond donors (Lipinski definition) is 4. The summed E-state index contributed by atoms with van der Waals surface area (Å²) in [5.74, 6) is -0.309. The molecule has 0 fully saturated rings. The Bertz CT molecular complexity index is 318. The van der Waals surface area contributed by atoms with E-state index in [-0.39, 0.29) is 5.82 Å². The van der Waals surface area contributed by atoms with Crippen LogP contribution < -0.4 is 11.1 Å². The minimum Gasteiger partial charge on any atom is -0.397 e. The second-order valence-electron chi connectivity index (χ2n) is 2.26. The zero-order valence-corrected chi connectivity index (χ0v) is 8.49. The predicted octanol–water partition coefficient (Wildman–Crippen LogP) is 0.810. The molecule has 1 aromatic rings. The van der Waals surface area contributed by atoms with Crippen LogP contribution in [0.15, 0.2) is 18.2 Å². The van der Waals surface area contributed by atoms with Crippen molar-refractivity contribution in [3.8, 4) is 0 Å². The smallest absolute Gasteiger partial charge is 0.314 e. The molecule has 0 atom stereocenters. The Morgan fingerprint density at radius 1 is 1.50 bits per heavy atom. The van der Waals surface area contributed by atoms with Crippen molar-refractivity contribution >= 4 is 19.6 Å². The first-order valence-electron chi connectivity index (χ1n) is 3.62. The van der Waals surface area contributed by atoms with Gasteiger partial charge in [0.1, 0.15) is 5.82 Å². The molecular weight excluding hydrogens is 210 g/mol. The number of nitrogens with one attached hydrogen (secondary N) is 1. The molecule has 5 nitrogen and oxygen atoms in total. The van der Waals surface area contributed by atoms with Gasteiger partial charge in [-0.25, -0.2) is 4.39 Å². The van der Waals surface area contributed by atoms with Crippen molar-refractivity contribution in [3.63, 3.8) is 0 Å². The molecule has 0 bridgehead atoms. The minimum absolute atomic E-state index is 0.309. The average Bonchev–Trinajstić information content (AvgIpc) is 2.03. The lowest BCUT2D eigenvalue weighted by Gasteiger charge is -2.02. The van der Waals surface area contributed by atoms with Gasteiger partial charge in [-0.05, 0) is 18.2 Å². The van der Waals surface area contributed by atoms with Crippen molar-refractivity contribution in [1.29, 1.82) is 0 Å². The fourth-order valence-electron chi connectivity index (χ4n) is 0.761. The van der Waals surface area contributed by atoms with E-state index in [1.54, 1.807) is 13.1 Å². The number of nitrogens with two attached hydrogens (primary N) is 1. The van der Waals surface area contributed by atoms with Gasteiger partial charge in [-0.15, -0.1) is 0 Å². The quantitative estimate of drug-likeness (QED) is 0.416. The van der Waals surface area contributed by atoms with Crippen LogP contribution in [-0.2, 0) is 4.57 Å². The van der Waals surface area contributed by atoms with E-state index >= 15 is 0 Å². The molecule has 1 aromatic carbocycles. The summed E-state index contributed by atoms with van der Waals surface area (Å²) in [4.78, 5) is 14.3. The Balaban J connectivity index is 0.000000364. The number of anilines is 2. The average molecular weight is 222 g/mol. The van der Waals surface area contributed by atoms with E-state index in [1.165, 1.54) is 12.1 Å². The topological polar surface area (TPSA) is 95.6 Å². The Morgan fingerprint density at radius 3 is 2.36 bits per heavy atom. The van der Waals surface area contributed by atoms with Crippen LogP contribution in [0.5, 0.6) is 0 Å². The minimum atomic E-state index is -3.13. The van der Waals surface area contributed by atoms with Crippen LogP contribution in [0.2, 0.25) is 0 Å². The van der Waals surface area contributed by atoms with Crippen LogP contribution in [0.4, 0.5) is 15.8 Å². The van der Waals surface area contributed by atoms with E-state index in [0.717, 1.165) is 5.69 Å². The standard InChI is InChI=1S/C7H9FN2.H3O3P/c1-10-7-3-2-5(8)4-6(7)9;1-4(2)3/h2-4,10H,9H2,1H3;4H,(H2,1,2,3). The maximum absolute atomic E-state index is 12.4. The molecule has 0 unspecified atom stereocenters. The van der Waals surface area contributed by atoms with Crippen LogP contribution >= 0.6 is 8.25 Å². The molecular formula is C7H12FN2O3P. The second kappa shape index (κ2) is 6.37. The third kappa shape index (κ3) is 5.53. The zero-order valence-electron chi connectivity index (χ0n) is 7.49. The highest BCUT2D eigenvalue weighted by molar-refractivity contribution is 7.30. The van der Waals surface area contributed by atoms with Gasteiger partial charge in [-0.2, -0.15) is 0 Å². The zero-order chi connectivity index (χ0) is 11.1. The number of halogens is 1. The monoisotopic (exact) mass is 222 g/mol. The fraction of sp³-hybridized carbons (Fsp3) is 0.143. The first kappa shape index (κ1) is 12.9. The van der Waals surface area contributed by atoms with Gasteiger partial charge in [0, 0.05) is 7.05 Å². The van der Waals surface area contributed by atoms with Crippen molar-refractivity contribution in [2.75, 3.05) is 18.1 Å². The van der Waals surface area contributed by atoms with Gasteiger partial charge in [-0.1, -0.05) is 0 Å². The lowest BCUT2D eigenvalue weighted by Crippen LogP contribution is -1.95. The van der Waals surface area contributed by atoms with Crippen molar-refractivity contribution in [1.82, 2.24) is 0 Å². The molecule has 0 saturated carbocycles. The number of hydrogen-bond acceptors (Lipinski definition) is 3. The first-order chi connectivity index (χ1) is 6.47. The molecule has 80 valence electrons. The number of benzene rings is 1. The molecule has 5 N–H and O–H groups in total. The molecule has 1 rings (SSSR count). The van der Waals surface area contributed by atoms with Crippen LogP contribution in [0, 0.1) is 5.82 Å². The van der Waals surface area contributed by atoms with Crippen molar-refractivity contribution in [2.45, 2.75) is 0 Å². The highest BCUT2D eigenvalue weighted by Crippen LogP contribution is 2.17. The third-order valence-electron chi connectivity index (χ3n) is 1.28. The summed E-state index contributed by atoms with van der Waals surface area (Å²) in [7, 11) is -1.39. The van der Waals surface area contributed by atoms with Gasteiger partial charge in [0.05, 0.1) is 11.4 Å². The Kier molecular flexibility index (Phi) is 5.87. The van der Waals surface area contributed by atoms with Crippen LogP contribution in [0.1, 0.15) is 0 Å². The van der Waals surface area contributed by atoms with Crippen LogP contribution in [-0.4, -0.2) is 16.8 Å². The SMILES string of the molecule is CNc1ccc(F)cc1N.O=[PH](O)O. The highest BCUT2D eigenvalue weighted by Gasteiger charge is 1.95. The van der Waals surface area contributed by atoms with E-state index in [4.69, 9.17) is 20.1 Å². The van der Waals surface area contributed by atoms with Crippen molar-refractivity contribution < 1.29 is 18.7 Å². The molecule has 0 aromatic heterocycles.